The van der Waals surface area contributed by atoms with Gasteiger partial charge in [-0.05, 0) is 38.5 Å². The van der Waals surface area contributed by atoms with E-state index in [2.05, 4.69) is 19.9 Å². The Kier molecular flexibility index (Phi) is 3.30. The highest BCUT2D eigenvalue weighted by Gasteiger charge is 2.31. The van der Waals surface area contributed by atoms with Crippen LogP contribution < -0.4 is 4.90 Å². The molecular weight excluding hydrogens is 286 g/mol. The molecule has 3 heterocycles. The van der Waals surface area contributed by atoms with Crippen molar-refractivity contribution in [2.75, 3.05) is 11.4 Å². The van der Waals surface area contributed by atoms with Crippen molar-refractivity contribution in [2.45, 2.75) is 44.6 Å². The van der Waals surface area contributed by atoms with Gasteiger partial charge in [-0.1, -0.05) is 11.6 Å². The van der Waals surface area contributed by atoms with Crippen LogP contribution in [0.1, 0.15) is 48.9 Å². The number of rotatable bonds is 2. The van der Waals surface area contributed by atoms with E-state index >= 15 is 0 Å². The van der Waals surface area contributed by atoms with Gasteiger partial charge in [0.1, 0.15) is 5.82 Å². The summed E-state index contributed by atoms with van der Waals surface area (Å²) >= 11 is 5.88. The fraction of sp³-hybridized carbons (Fsp3) is 0.533. The maximum atomic E-state index is 5.88. The number of H-pyrrole nitrogens is 1. The number of hydrogen-bond acceptors (Lipinski definition) is 4. The van der Waals surface area contributed by atoms with Crippen molar-refractivity contribution in [2.24, 2.45) is 0 Å². The van der Waals surface area contributed by atoms with Crippen molar-refractivity contribution in [3.8, 4) is 0 Å². The first kappa shape index (κ1) is 13.1. The molecule has 0 spiro atoms. The Bertz CT molecular complexity index is 613. The molecule has 1 aliphatic carbocycles. The molecule has 110 valence electrons. The fourth-order valence-electron chi connectivity index (χ4n) is 3.38. The van der Waals surface area contributed by atoms with Crippen LogP contribution in [0.2, 0.25) is 5.02 Å². The average Bonchev–Trinajstić information content (AvgIpc) is 3.14. The minimum Gasteiger partial charge on any atom is -0.344 e. The number of anilines is 1. The highest BCUT2D eigenvalue weighted by atomic mass is 35.5. The van der Waals surface area contributed by atoms with E-state index in [9.17, 15) is 0 Å². The van der Waals surface area contributed by atoms with E-state index in [1.807, 2.05) is 0 Å². The number of aromatic nitrogens is 4. The van der Waals surface area contributed by atoms with Gasteiger partial charge in [-0.3, -0.25) is 0 Å². The lowest BCUT2D eigenvalue weighted by atomic mass is 10.0. The van der Waals surface area contributed by atoms with Crippen LogP contribution in [0.3, 0.4) is 0 Å². The molecule has 2 aromatic rings. The summed E-state index contributed by atoms with van der Waals surface area (Å²) in [6.45, 7) is 0.970. The summed E-state index contributed by atoms with van der Waals surface area (Å²) in [5, 5.41) is 0.572. The summed E-state index contributed by atoms with van der Waals surface area (Å²) < 4.78 is 0. The molecule has 2 aromatic heterocycles. The van der Waals surface area contributed by atoms with Crippen LogP contribution in [0, 0.1) is 0 Å². The summed E-state index contributed by atoms with van der Waals surface area (Å²) in [5.74, 6) is 1.83. The van der Waals surface area contributed by atoms with E-state index in [4.69, 9.17) is 16.6 Å². The van der Waals surface area contributed by atoms with Crippen LogP contribution in [0.4, 0.5) is 5.95 Å². The number of aromatic amines is 1. The minimum atomic E-state index is 0.261. The Morgan fingerprint density at radius 2 is 1.95 bits per heavy atom. The fourth-order valence-corrected chi connectivity index (χ4v) is 3.47. The number of nitrogens with zero attached hydrogens (tertiary/aromatic N) is 4. The predicted molar refractivity (Wildman–Crippen MR) is 81.6 cm³/mol. The van der Waals surface area contributed by atoms with Gasteiger partial charge in [-0.2, -0.15) is 0 Å². The minimum absolute atomic E-state index is 0.261. The van der Waals surface area contributed by atoms with Gasteiger partial charge in [0.15, 0.2) is 0 Å². The van der Waals surface area contributed by atoms with E-state index in [0.717, 1.165) is 44.0 Å². The van der Waals surface area contributed by atoms with Crippen LogP contribution in [-0.4, -0.2) is 26.5 Å². The van der Waals surface area contributed by atoms with Gasteiger partial charge in [0.25, 0.3) is 0 Å². The largest absolute Gasteiger partial charge is 0.344 e. The highest BCUT2D eigenvalue weighted by Crippen LogP contribution is 2.34. The van der Waals surface area contributed by atoms with Crippen LogP contribution >= 0.6 is 11.6 Å². The van der Waals surface area contributed by atoms with Crippen LogP contribution in [-0.2, 0) is 12.8 Å². The van der Waals surface area contributed by atoms with E-state index in [0.29, 0.717) is 5.02 Å². The monoisotopic (exact) mass is 303 g/mol. The Morgan fingerprint density at radius 1 is 1.14 bits per heavy atom. The molecule has 1 atom stereocenters. The molecular formula is C15H18ClN5. The SMILES string of the molecule is Clc1cnc(N2CCC[C@H]2c2nc3c([nH]2)CCCC3)nc1. The third kappa shape index (κ3) is 2.39. The zero-order valence-corrected chi connectivity index (χ0v) is 12.6. The molecule has 0 aromatic carbocycles. The number of hydrogen-bond donors (Lipinski definition) is 1. The van der Waals surface area contributed by atoms with Gasteiger partial charge in [-0.15, -0.1) is 0 Å². The number of nitrogens with one attached hydrogen (secondary N) is 1. The molecule has 0 radical (unpaired) electrons. The number of imidazole rings is 1. The molecule has 4 rings (SSSR count). The zero-order valence-electron chi connectivity index (χ0n) is 11.8. The molecule has 0 saturated carbocycles. The summed E-state index contributed by atoms with van der Waals surface area (Å²) in [4.78, 5) is 19.4. The van der Waals surface area contributed by atoms with Gasteiger partial charge in [0.05, 0.1) is 29.2 Å². The Labute approximate surface area is 128 Å². The Morgan fingerprint density at radius 3 is 2.76 bits per heavy atom. The second-order valence-corrected chi connectivity index (χ2v) is 6.24. The average molecular weight is 304 g/mol. The molecule has 21 heavy (non-hydrogen) atoms. The third-order valence-electron chi connectivity index (χ3n) is 4.41. The molecule has 6 heteroatoms. The van der Waals surface area contributed by atoms with Gasteiger partial charge >= 0.3 is 0 Å². The first-order valence-corrected chi connectivity index (χ1v) is 8.01. The zero-order chi connectivity index (χ0) is 14.2. The molecule has 0 bridgehead atoms. The van der Waals surface area contributed by atoms with Crippen molar-refractivity contribution in [3.63, 3.8) is 0 Å². The molecule has 1 N–H and O–H groups in total. The topological polar surface area (TPSA) is 57.7 Å². The summed E-state index contributed by atoms with van der Waals surface area (Å²) in [6.07, 6.45) is 10.3. The second-order valence-electron chi connectivity index (χ2n) is 5.81. The molecule has 1 fully saturated rings. The van der Waals surface area contributed by atoms with Gasteiger partial charge in [0, 0.05) is 12.2 Å². The highest BCUT2D eigenvalue weighted by molar-refractivity contribution is 6.30. The summed E-state index contributed by atoms with van der Waals surface area (Å²) in [5.41, 5.74) is 2.60. The van der Waals surface area contributed by atoms with Crippen LogP contribution in [0.5, 0.6) is 0 Å². The van der Waals surface area contributed by atoms with E-state index in [1.165, 1.54) is 24.2 Å². The normalized spacial score (nSPS) is 21.6. The van der Waals surface area contributed by atoms with Crippen molar-refractivity contribution >= 4 is 17.5 Å². The molecule has 5 nitrogen and oxygen atoms in total. The van der Waals surface area contributed by atoms with Crippen molar-refractivity contribution in [1.29, 1.82) is 0 Å². The van der Waals surface area contributed by atoms with Crippen molar-refractivity contribution in [1.82, 2.24) is 19.9 Å². The third-order valence-corrected chi connectivity index (χ3v) is 4.60. The van der Waals surface area contributed by atoms with Gasteiger partial charge in [0.2, 0.25) is 5.95 Å². The van der Waals surface area contributed by atoms with Crippen LogP contribution in [0.25, 0.3) is 0 Å². The van der Waals surface area contributed by atoms with E-state index in [1.54, 1.807) is 12.4 Å². The summed E-state index contributed by atoms with van der Waals surface area (Å²) in [6, 6.07) is 0.261. The molecule has 0 amide bonds. The maximum Gasteiger partial charge on any atom is 0.225 e. The van der Waals surface area contributed by atoms with Gasteiger partial charge < -0.3 is 9.88 Å². The number of aryl methyl sites for hydroxylation is 2. The number of halogens is 1. The quantitative estimate of drug-likeness (QED) is 0.926. The lowest BCUT2D eigenvalue weighted by molar-refractivity contribution is 0.660. The number of fused-ring (bicyclic) bond motifs is 1. The van der Waals surface area contributed by atoms with Crippen molar-refractivity contribution < 1.29 is 0 Å². The first-order valence-electron chi connectivity index (χ1n) is 7.63. The Balaban J connectivity index is 1.64. The molecule has 0 unspecified atom stereocenters. The molecule has 1 aliphatic heterocycles. The predicted octanol–water partition coefficient (Wildman–Crippen LogP) is 3.07. The van der Waals surface area contributed by atoms with Crippen LogP contribution in [0.15, 0.2) is 12.4 Å². The van der Waals surface area contributed by atoms with Gasteiger partial charge in [-0.25, -0.2) is 15.0 Å². The van der Waals surface area contributed by atoms with E-state index in [-0.39, 0.29) is 6.04 Å². The standard InChI is InChI=1S/C15H18ClN5/c16-10-8-17-15(18-9-10)21-7-3-6-13(21)14-19-11-4-1-2-5-12(11)20-14/h8-9,13H,1-7H2,(H,19,20)/t13-/m0/s1. The molecule has 2 aliphatic rings. The Hall–Kier alpha value is -1.62. The van der Waals surface area contributed by atoms with Crippen molar-refractivity contribution in [3.05, 3.63) is 34.6 Å². The molecule has 1 saturated heterocycles. The lowest BCUT2D eigenvalue weighted by Crippen LogP contribution is -2.25. The second kappa shape index (κ2) is 5.30. The maximum absolute atomic E-state index is 5.88. The van der Waals surface area contributed by atoms with E-state index < -0.39 is 0 Å². The first-order chi connectivity index (χ1) is 10.3. The summed E-state index contributed by atoms with van der Waals surface area (Å²) in [7, 11) is 0. The lowest BCUT2D eigenvalue weighted by Gasteiger charge is -2.22. The smallest absolute Gasteiger partial charge is 0.225 e.